The van der Waals surface area contributed by atoms with Crippen molar-refractivity contribution in [2.45, 2.75) is 0 Å². The van der Waals surface area contributed by atoms with Gasteiger partial charge in [0.05, 0.1) is 6.08 Å². The standard InChI is InChI=1S/C4H2F2N2/c5-3-1-2-7-4(6)8-3/h1-2H/q+1. The van der Waals surface area contributed by atoms with E-state index in [9.17, 15) is 8.78 Å². The molecular formula is C4H2F2N2+. The second-order valence-corrected chi connectivity index (χ2v) is 1.15. The predicted molar refractivity (Wildman–Crippen MR) is 25.9 cm³/mol. The van der Waals surface area contributed by atoms with Gasteiger partial charge in [-0.2, -0.15) is 4.39 Å². The van der Waals surface area contributed by atoms with Crippen molar-refractivity contribution >= 4 is 12.3 Å². The Bertz CT molecular complexity index is 178. The Morgan fingerprint density at radius 1 is 1.50 bits per heavy atom. The first-order valence-corrected chi connectivity index (χ1v) is 1.93. The van der Waals surface area contributed by atoms with Gasteiger partial charge in [0, 0.05) is 4.99 Å². The monoisotopic (exact) mass is 116 g/mol. The van der Waals surface area contributed by atoms with Crippen LogP contribution in [0.1, 0.15) is 0 Å². The van der Waals surface area contributed by atoms with Crippen LogP contribution in [0.5, 0.6) is 0 Å². The zero-order valence-electron chi connectivity index (χ0n) is 3.81. The van der Waals surface area contributed by atoms with E-state index in [0.29, 0.717) is 0 Å². The quantitative estimate of drug-likeness (QED) is 0.413. The summed E-state index contributed by atoms with van der Waals surface area (Å²) < 4.78 is 23.5. The molecule has 0 bridgehead atoms. The van der Waals surface area contributed by atoms with Crippen LogP contribution < -0.4 is 4.99 Å². The molecule has 0 aromatic heterocycles. The van der Waals surface area contributed by atoms with Crippen LogP contribution in [0.25, 0.3) is 0 Å². The van der Waals surface area contributed by atoms with Gasteiger partial charge in [0.2, 0.25) is 0 Å². The number of amidine groups is 1. The molecule has 0 aromatic carbocycles. The van der Waals surface area contributed by atoms with E-state index in [1.165, 1.54) is 0 Å². The molecule has 0 amide bonds. The highest BCUT2D eigenvalue weighted by atomic mass is 19.1. The fourth-order valence-electron chi connectivity index (χ4n) is 0.315. The molecule has 0 saturated carbocycles. The topological polar surface area (TPSA) is 26.5 Å². The number of aliphatic imine (C=N–C) groups is 2. The Hall–Kier alpha value is -1.06. The van der Waals surface area contributed by atoms with E-state index in [2.05, 4.69) is 9.98 Å². The molecule has 0 fully saturated rings. The van der Waals surface area contributed by atoms with Crippen LogP contribution in [-0.2, 0) is 0 Å². The van der Waals surface area contributed by atoms with Gasteiger partial charge in [-0.25, -0.2) is 0 Å². The highest BCUT2D eigenvalue weighted by Gasteiger charge is 2.12. The fourth-order valence-corrected chi connectivity index (χ4v) is 0.315. The first-order valence-electron chi connectivity index (χ1n) is 1.93. The molecule has 1 aliphatic heterocycles. The summed E-state index contributed by atoms with van der Waals surface area (Å²) >= 11 is 0. The van der Waals surface area contributed by atoms with Gasteiger partial charge in [0.25, 0.3) is 0 Å². The smallest absolute Gasteiger partial charge is 0.155 e. The molecule has 0 aromatic rings. The van der Waals surface area contributed by atoms with Crippen molar-refractivity contribution < 1.29 is 8.78 Å². The molecule has 1 rings (SSSR count). The lowest BCUT2D eigenvalue weighted by Gasteiger charge is -1.75. The van der Waals surface area contributed by atoms with E-state index in [1.54, 1.807) is 0 Å². The normalized spacial score (nSPS) is 17.8. The summed E-state index contributed by atoms with van der Waals surface area (Å²) in [7, 11) is 0. The van der Waals surface area contributed by atoms with Gasteiger partial charge in [-0.05, 0) is 4.99 Å². The van der Waals surface area contributed by atoms with Gasteiger partial charge < -0.3 is 0 Å². The van der Waals surface area contributed by atoms with Gasteiger partial charge >= 0.3 is 12.0 Å². The Labute approximate surface area is 44.3 Å². The van der Waals surface area contributed by atoms with Crippen LogP contribution in [0.3, 0.4) is 0 Å². The molecule has 0 spiro atoms. The van der Waals surface area contributed by atoms with Crippen LogP contribution >= 0.6 is 0 Å². The molecule has 1 radical (unpaired) electrons. The summed E-state index contributed by atoms with van der Waals surface area (Å²) in [6.45, 7) is 0. The van der Waals surface area contributed by atoms with E-state index < -0.39 is 12.0 Å². The van der Waals surface area contributed by atoms with Gasteiger partial charge in [0.1, 0.15) is 6.21 Å². The lowest BCUT2D eigenvalue weighted by Crippen LogP contribution is -2.02. The third-order valence-electron chi connectivity index (χ3n) is 0.592. The molecule has 8 heavy (non-hydrogen) atoms. The number of halogens is 2. The summed E-state index contributed by atoms with van der Waals surface area (Å²) in [5.74, 6) is -0.850. The molecule has 1 heterocycles. The zero-order chi connectivity index (χ0) is 5.98. The third-order valence-corrected chi connectivity index (χ3v) is 0.592. The van der Waals surface area contributed by atoms with Crippen molar-refractivity contribution in [1.82, 2.24) is 4.99 Å². The molecule has 4 heteroatoms. The summed E-state index contributed by atoms with van der Waals surface area (Å²) in [6.07, 6.45) is 0.950. The summed E-state index contributed by atoms with van der Waals surface area (Å²) in [4.78, 5) is 5.75. The number of hydrogen-bond acceptors (Lipinski definition) is 2. The molecule has 2 nitrogen and oxygen atoms in total. The minimum atomic E-state index is -1.04. The molecule has 0 atom stereocenters. The zero-order valence-corrected chi connectivity index (χ0v) is 3.81. The van der Waals surface area contributed by atoms with Gasteiger partial charge in [-0.1, -0.05) is 0 Å². The first-order chi connectivity index (χ1) is 3.79. The largest absolute Gasteiger partial charge is 0.533 e. The highest BCUT2D eigenvalue weighted by Crippen LogP contribution is 1.98. The van der Waals surface area contributed by atoms with Gasteiger partial charge in [0.15, 0.2) is 0 Å². The fraction of sp³-hybridized carbons (Fsp3) is 0. The maximum atomic E-state index is 11.8. The average Bonchev–Trinajstić information content (AvgIpc) is 1.64. The maximum absolute atomic E-state index is 11.8. The average molecular weight is 116 g/mol. The van der Waals surface area contributed by atoms with Crippen molar-refractivity contribution in [3.63, 3.8) is 0 Å². The van der Waals surface area contributed by atoms with Crippen LogP contribution in [0.4, 0.5) is 8.78 Å². The van der Waals surface area contributed by atoms with E-state index in [1.807, 2.05) is 0 Å². The maximum Gasteiger partial charge on any atom is 0.533 e. The molecular weight excluding hydrogens is 114 g/mol. The Morgan fingerprint density at radius 2 is 2.25 bits per heavy atom. The van der Waals surface area contributed by atoms with Crippen LogP contribution in [-0.4, -0.2) is 12.3 Å². The Morgan fingerprint density at radius 3 is 2.62 bits per heavy atom. The summed E-state index contributed by atoms with van der Waals surface area (Å²) in [6, 6.07) is 0. The van der Waals surface area contributed by atoms with Crippen molar-refractivity contribution in [3.05, 3.63) is 12.0 Å². The second-order valence-electron chi connectivity index (χ2n) is 1.15. The number of rotatable bonds is 0. The van der Waals surface area contributed by atoms with E-state index in [-0.39, 0.29) is 0 Å². The molecule has 0 unspecified atom stereocenters. The lowest BCUT2D eigenvalue weighted by molar-refractivity contribution is 0.616. The molecule has 0 saturated heterocycles. The van der Waals surface area contributed by atoms with E-state index >= 15 is 0 Å². The minimum Gasteiger partial charge on any atom is -0.155 e. The third kappa shape index (κ3) is 0.959. The number of allylic oxidation sites excluding steroid dienone is 1. The minimum absolute atomic E-state index is 0.850. The van der Waals surface area contributed by atoms with Crippen molar-refractivity contribution in [2.75, 3.05) is 0 Å². The van der Waals surface area contributed by atoms with Gasteiger partial charge in [-0.15, -0.1) is 4.39 Å². The molecule has 0 N–H and O–H groups in total. The Kier molecular flexibility index (Phi) is 1.15. The van der Waals surface area contributed by atoms with Crippen molar-refractivity contribution in [1.29, 1.82) is 0 Å². The highest BCUT2D eigenvalue weighted by molar-refractivity contribution is 5.87. The van der Waals surface area contributed by atoms with Crippen LogP contribution in [0.15, 0.2) is 17.0 Å². The first kappa shape index (κ1) is 5.08. The summed E-state index contributed by atoms with van der Waals surface area (Å²) in [5, 5.41) is 0. The predicted octanol–water partition coefficient (Wildman–Crippen LogP) is 0.543. The SMILES string of the molecule is FC1=CC=[N+]C(F)=N1. The van der Waals surface area contributed by atoms with E-state index in [4.69, 9.17) is 0 Å². The number of nitrogens with zero attached hydrogens (tertiary/aromatic N) is 2. The summed E-state index contributed by atoms with van der Waals surface area (Å²) in [5.41, 5.74) is 0. The van der Waals surface area contributed by atoms with Crippen LogP contribution in [0, 0.1) is 0 Å². The van der Waals surface area contributed by atoms with Gasteiger partial charge in [-0.3, -0.25) is 0 Å². The molecule has 0 aliphatic carbocycles. The molecule has 41 valence electrons. The van der Waals surface area contributed by atoms with Crippen molar-refractivity contribution in [3.8, 4) is 0 Å². The molecule has 1 aliphatic rings. The van der Waals surface area contributed by atoms with Crippen LogP contribution in [0.2, 0.25) is 0 Å². The second kappa shape index (κ2) is 1.81. The van der Waals surface area contributed by atoms with Crippen molar-refractivity contribution in [2.24, 2.45) is 4.99 Å². The number of hydrogen-bond donors (Lipinski definition) is 0. The lowest BCUT2D eigenvalue weighted by atomic mass is 10.6. The van der Waals surface area contributed by atoms with E-state index in [0.717, 1.165) is 12.3 Å². The Balaban J connectivity index is 2.89.